The quantitative estimate of drug-likeness (QED) is 0.0825. The number of rotatable bonds is 8. The summed E-state index contributed by atoms with van der Waals surface area (Å²) in [6, 6.07) is 25.4. The third kappa shape index (κ3) is 7.18. The van der Waals surface area contributed by atoms with Crippen molar-refractivity contribution in [3.05, 3.63) is 122 Å². The normalized spacial score (nSPS) is 11.2. The van der Waals surface area contributed by atoms with Crippen LogP contribution in [-0.2, 0) is 10.0 Å². The van der Waals surface area contributed by atoms with Crippen LogP contribution in [0.5, 0.6) is 5.75 Å². The molecule has 4 aromatic rings. The van der Waals surface area contributed by atoms with Crippen LogP contribution in [0.2, 0.25) is 5.02 Å². The molecule has 2 N–H and O–H groups in total. The van der Waals surface area contributed by atoms with Crippen LogP contribution in [0.15, 0.2) is 107 Å². The Morgan fingerprint density at radius 2 is 1.53 bits per heavy atom. The smallest absolute Gasteiger partial charge is 0.344 e. The molecule has 0 heterocycles. The largest absolute Gasteiger partial charge is 0.423 e. The van der Waals surface area contributed by atoms with Gasteiger partial charge in [0.05, 0.1) is 16.7 Å². The zero-order valence-electron chi connectivity index (χ0n) is 19.5. The van der Waals surface area contributed by atoms with E-state index in [1.54, 1.807) is 36.4 Å². The van der Waals surface area contributed by atoms with Crippen LogP contribution in [0.3, 0.4) is 0 Å². The molecular weight excluding hydrogens is 641 g/mol. The summed E-state index contributed by atoms with van der Waals surface area (Å²) in [7, 11) is -3.79. The molecule has 1 amide bonds. The van der Waals surface area contributed by atoms with Crippen molar-refractivity contribution in [1.29, 1.82) is 0 Å². The number of hydrogen-bond acceptors (Lipinski definition) is 6. The van der Waals surface area contributed by atoms with Crippen molar-refractivity contribution in [2.24, 2.45) is 5.10 Å². The van der Waals surface area contributed by atoms with Gasteiger partial charge in [-0.15, -0.1) is 0 Å². The van der Waals surface area contributed by atoms with Gasteiger partial charge in [0.1, 0.15) is 5.75 Å². The summed E-state index contributed by atoms with van der Waals surface area (Å²) in [5.41, 5.74) is 4.15. The Hall–Kier alpha value is -3.74. The van der Waals surface area contributed by atoms with Gasteiger partial charge in [-0.3, -0.25) is 9.52 Å². The standard InChI is InChI=1S/C27H19ClIN3O5S/c28-20-9-15-23(16-10-20)38(35,36)32-21-11-7-19(8-12-21)26(33)31-30-17-18-5-13-22(14-6-18)37-27(34)24-3-1-2-4-25(24)29/h1-17,32H,(H,31,33)/b30-17-. The van der Waals surface area contributed by atoms with Crippen LogP contribution in [0.1, 0.15) is 26.3 Å². The van der Waals surface area contributed by atoms with Crippen LogP contribution in [0.25, 0.3) is 0 Å². The average Bonchev–Trinajstić information content (AvgIpc) is 2.90. The lowest BCUT2D eigenvalue weighted by Gasteiger charge is -2.09. The fraction of sp³-hybridized carbons (Fsp3) is 0. The first-order valence-electron chi connectivity index (χ1n) is 11.0. The molecule has 38 heavy (non-hydrogen) atoms. The third-order valence-electron chi connectivity index (χ3n) is 5.09. The summed E-state index contributed by atoms with van der Waals surface area (Å²) in [6.45, 7) is 0. The minimum Gasteiger partial charge on any atom is -0.423 e. The van der Waals surface area contributed by atoms with Crippen molar-refractivity contribution in [1.82, 2.24) is 5.43 Å². The lowest BCUT2D eigenvalue weighted by Crippen LogP contribution is -2.18. The number of carbonyl (C=O) groups is 2. The summed E-state index contributed by atoms with van der Waals surface area (Å²) in [4.78, 5) is 24.8. The summed E-state index contributed by atoms with van der Waals surface area (Å²) >= 11 is 7.88. The second-order valence-electron chi connectivity index (χ2n) is 7.77. The van der Waals surface area contributed by atoms with Gasteiger partial charge in [-0.1, -0.05) is 23.7 Å². The highest BCUT2D eigenvalue weighted by molar-refractivity contribution is 14.1. The van der Waals surface area contributed by atoms with E-state index < -0.39 is 21.9 Å². The van der Waals surface area contributed by atoms with Gasteiger partial charge in [-0.25, -0.2) is 18.6 Å². The molecule has 11 heteroatoms. The third-order valence-corrected chi connectivity index (χ3v) is 7.68. The van der Waals surface area contributed by atoms with Gasteiger partial charge in [-0.2, -0.15) is 5.10 Å². The Kier molecular flexibility index (Phi) is 8.77. The highest BCUT2D eigenvalue weighted by Gasteiger charge is 2.15. The van der Waals surface area contributed by atoms with E-state index in [-0.39, 0.29) is 10.5 Å². The predicted molar refractivity (Wildman–Crippen MR) is 154 cm³/mol. The number of amides is 1. The number of nitrogens with one attached hydrogen (secondary N) is 2. The highest BCUT2D eigenvalue weighted by Crippen LogP contribution is 2.19. The van der Waals surface area contributed by atoms with Gasteiger partial charge in [0.2, 0.25) is 0 Å². The molecule has 192 valence electrons. The molecule has 0 unspecified atom stereocenters. The van der Waals surface area contributed by atoms with Crippen LogP contribution in [-0.4, -0.2) is 26.5 Å². The molecule has 0 bridgehead atoms. The fourth-order valence-electron chi connectivity index (χ4n) is 3.16. The molecule has 0 spiro atoms. The predicted octanol–water partition coefficient (Wildman–Crippen LogP) is 5.73. The zero-order valence-corrected chi connectivity index (χ0v) is 23.2. The van der Waals surface area contributed by atoms with Gasteiger partial charge in [0.15, 0.2) is 0 Å². The van der Waals surface area contributed by atoms with Crippen molar-refractivity contribution in [2.75, 3.05) is 4.72 Å². The van der Waals surface area contributed by atoms with Crippen molar-refractivity contribution in [3.63, 3.8) is 0 Å². The SMILES string of the molecule is O=C(N/N=C\c1ccc(OC(=O)c2ccccc2I)cc1)c1ccc(NS(=O)(=O)c2ccc(Cl)cc2)cc1. The van der Waals surface area contributed by atoms with E-state index in [1.807, 2.05) is 12.1 Å². The number of nitrogens with zero attached hydrogens (tertiary/aromatic N) is 1. The van der Waals surface area contributed by atoms with E-state index in [0.29, 0.717) is 27.6 Å². The number of esters is 1. The van der Waals surface area contributed by atoms with Gasteiger partial charge < -0.3 is 4.74 Å². The first kappa shape index (κ1) is 27.3. The topological polar surface area (TPSA) is 114 Å². The Labute approximate surface area is 237 Å². The average molecular weight is 660 g/mol. The highest BCUT2D eigenvalue weighted by atomic mass is 127. The van der Waals surface area contributed by atoms with Gasteiger partial charge in [0, 0.05) is 19.8 Å². The molecule has 0 aliphatic rings. The van der Waals surface area contributed by atoms with E-state index >= 15 is 0 Å². The lowest BCUT2D eigenvalue weighted by molar-refractivity contribution is 0.0733. The van der Waals surface area contributed by atoms with E-state index in [4.69, 9.17) is 16.3 Å². The van der Waals surface area contributed by atoms with E-state index in [1.165, 1.54) is 54.7 Å². The maximum Gasteiger partial charge on any atom is 0.344 e. The number of ether oxygens (including phenoxy) is 1. The maximum atomic E-state index is 12.5. The summed E-state index contributed by atoms with van der Waals surface area (Å²) in [5, 5.41) is 4.37. The van der Waals surface area contributed by atoms with Crippen LogP contribution < -0.4 is 14.9 Å². The van der Waals surface area contributed by atoms with E-state index in [2.05, 4.69) is 37.8 Å². The molecule has 4 aromatic carbocycles. The first-order valence-corrected chi connectivity index (χ1v) is 13.9. The number of sulfonamides is 1. The number of hydrogen-bond donors (Lipinski definition) is 2. The van der Waals surface area contributed by atoms with Crippen molar-refractivity contribution >= 4 is 68.0 Å². The van der Waals surface area contributed by atoms with Gasteiger partial charge in [0.25, 0.3) is 15.9 Å². The Bertz CT molecular complexity index is 1590. The Balaban J connectivity index is 1.31. The lowest BCUT2D eigenvalue weighted by atomic mass is 10.2. The van der Waals surface area contributed by atoms with Crippen LogP contribution in [0.4, 0.5) is 5.69 Å². The monoisotopic (exact) mass is 659 g/mol. The zero-order chi connectivity index (χ0) is 27.1. The summed E-state index contributed by atoms with van der Waals surface area (Å²) in [5.74, 6) is -0.550. The molecule has 0 saturated carbocycles. The molecule has 0 aromatic heterocycles. The molecule has 4 rings (SSSR count). The van der Waals surface area contributed by atoms with E-state index in [0.717, 1.165) is 3.57 Å². The minimum atomic E-state index is -3.79. The van der Waals surface area contributed by atoms with Crippen molar-refractivity contribution < 1.29 is 22.7 Å². The second kappa shape index (κ2) is 12.2. The maximum absolute atomic E-state index is 12.5. The molecule has 0 radical (unpaired) electrons. The number of halogens is 2. The Morgan fingerprint density at radius 3 is 2.18 bits per heavy atom. The minimum absolute atomic E-state index is 0.0650. The Morgan fingerprint density at radius 1 is 0.868 bits per heavy atom. The number of carbonyl (C=O) groups excluding carboxylic acids is 2. The number of hydrazone groups is 1. The molecule has 8 nitrogen and oxygen atoms in total. The molecule has 0 aliphatic heterocycles. The molecule has 0 aliphatic carbocycles. The first-order chi connectivity index (χ1) is 18.2. The van der Waals surface area contributed by atoms with Crippen molar-refractivity contribution in [2.45, 2.75) is 4.90 Å². The molecular formula is C27H19ClIN3O5S. The van der Waals surface area contributed by atoms with Crippen LogP contribution in [0, 0.1) is 3.57 Å². The molecule has 0 atom stereocenters. The number of benzene rings is 4. The molecule has 0 fully saturated rings. The van der Waals surface area contributed by atoms with Gasteiger partial charge in [-0.05, 0) is 113 Å². The van der Waals surface area contributed by atoms with Crippen molar-refractivity contribution in [3.8, 4) is 5.75 Å². The summed E-state index contributed by atoms with van der Waals surface area (Å²) < 4.78 is 33.6. The van der Waals surface area contributed by atoms with Gasteiger partial charge >= 0.3 is 5.97 Å². The second-order valence-corrected chi connectivity index (χ2v) is 11.1. The number of anilines is 1. The summed E-state index contributed by atoms with van der Waals surface area (Å²) in [6.07, 6.45) is 1.44. The molecule has 0 saturated heterocycles. The van der Waals surface area contributed by atoms with Crippen LogP contribution >= 0.6 is 34.2 Å². The fourth-order valence-corrected chi connectivity index (χ4v) is 4.95. The van der Waals surface area contributed by atoms with E-state index in [9.17, 15) is 18.0 Å².